The van der Waals surface area contributed by atoms with E-state index < -0.39 is 15.6 Å². The molecule has 0 aliphatic carbocycles. The lowest BCUT2D eigenvalue weighted by Gasteiger charge is -2.32. The fraction of sp³-hybridized carbons (Fsp3) is 0.571. The molecule has 1 aromatic rings. The molecule has 0 amide bonds. The van der Waals surface area contributed by atoms with Crippen LogP contribution in [0, 0.1) is 0 Å². The molecule has 0 radical (unpaired) electrons. The Morgan fingerprint density at radius 3 is 2.09 bits per heavy atom. The zero-order chi connectivity index (χ0) is 16.8. The molecular weight excluding hydrogens is 372 g/mol. The summed E-state index contributed by atoms with van der Waals surface area (Å²) in [6, 6.07) is 6.40. The lowest BCUT2D eigenvalue weighted by molar-refractivity contribution is 0.139. The summed E-state index contributed by atoms with van der Waals surface area (Å²) in [4.78, 5) is 2.00. The minimum atomic E-state index is -3.63. The van der Waals surface area contributed by atoms with Crippen LogP contribution in [0.1, 0.15) is 13.8 Å². The number of aliphatic hydroxyl groups excluding tert-OH is 2. The van der Waals surface area contributed by atoms with Crippen molar-refractivity contribution in [2.75, 3.05) is 32.8 Å². The molecule has 0 aromatic heterocycles. The molecule has 1 rings (SSSR count). The van der Waals surface area contributed by atoms with Crippen molar-refractivity contribution >= 4 is 26.0 Å². The van der Waals surface area contributed by atoms with Gasteiger partial charge in [0.2, 0.25) is 10.0 Å². The average Bonchev–Trinajstić information content (AvgIpc) is 2.37. The molecule has 0 heterocycles. The molecule has 0 atom stereocenters. The Labute approximate surface area is 140 Å². The molecule has 22 heavy (non-hydrogen) atoms. The van der Waals surface area contributed by atoms with Crippen molar-refractivity contribution in [2.24, 2.45) is 0 Å². The molecule has 0 fully saturated rings. The van der Waals surface area contributed by atoms with E-state index in [-0.39, 0.29) is 18.1 Å². The minimum absolute atomic E-state index is 0.0461. The molecule has 126 valence electrons. The van der Waals surface area contributed by atoms with Crippen molar-refractivity contribution in [3.63, 3.8) is 0 Å². The van der Waals surface area contributed by atoms with Crippen LogP contribution >= 0.6 is 15.9 Å². The number of hydrogen-bond donors (Lipinski definition) is 3. The van der Waals surface area contributed by atoms with Crippen LogP contribution in [0.2, 0.25) is 0 Å². The van der Waals surface area contributed by atoms with Gasteiger partial charge in [-0.25, -0.2) is 13.1 Å². The van der Waals surface area contributed by atoms with Crippen molar-refractivity contribution in [2.45, 2.75) is 24.3 Å². The van der Waals surface area contributed by atoms with Crippen molar-refractivity contribution in [1.82, 2.24) is 9.62 Å². The SMILES string of the molecule is CC(C)(CN(CCO)CCO)NS(=O)(=O)c1ccc(Br)cc1. The second-order valence-corrected chi connectivity index (χ2v) is 8.26. The Morgan fingerprint density at radius 1 is 1.14 bits per heavy atom. The van der Waals surface area contributed by atoms with Gasteiger partial charge in [0, 0.05) is 29.6 Å². The first-order valence-electron chi connectivity index (χ1n) is 6.94. The predicted molar refractivity (Wildman–Crippen MR) is 89.2 cm³/mol. The van der Waals surface area contributed by atoms with Gasteiger partial charge in [-0.3, -0.25) is 4.90 Å². The Balaban J connectivity index is 2.82. The quantitative estimate of drug-likeness (QED) is 0.576. The molecule has 0 aliphatic heterocycles. The molecule has 6 nitrogen and oxygen atoms in total. The van der Waals surface area contributed by atoms with Crippen LogP contribution in [0.3, 0.4) is 0 Å². The van der Waals surface area contributed by atoms with E-state index in [1.54, 1.807) is 26.0 Å². The molecule has 0 unspecified atom stereocenters. The number of rotatable bonds is 9. The van der Waals surface area contributed by atoms with Crippen molar-refractivity contribution in [1.29, 1.82) is 0 Å². The van der Waals surface area contributed by atoms with Gasteiger partial charge in [-0.2, -0.15) is 0 Å². The maximum absolute atomic E-state index is 12.4. The highest BCUT2D eigenvalue weighted by molar-refractivity contribution is 9.10. The number of hydrogen-bond acceptors (Lipinski definition) is 5. The molecule has 3 N–H and O–H groups in total. The van der Waals surface area contributed by atoms with Crippen molar-refractivity contribution < 1.29 is 18.6 Å². The molecule has 0 saturated heterocycles. The fourth-order valence-electron chi connectivity index (χ4n) is 2.18. The van der Waals surface area contributed by atoms with Gasteiger partial charge in [-0.05, 0) is 38.1 Å². The Bertz CT molecular complexity index is 555. The van der Waals surface area contributed by atoms with Gasteiger partial charge in [0.1, 0.15) is 0 Å². The molecule has 8 heteroatoms. The van der Waals surface area contributed by atoms with Gasteiger partial charge in [0.15, 0.2) is 0 Å². The summed E-state index contributed by atoms with van der Waals surface area (Å²) in [5.74, 6) is 0. The second-order valence-electron chi connectivity index (χ2n) is 5.67. The molecule has 0 bridgehead atoms. The van der Waals surface area contributed by atoms with Crippen LogP contribution in [-0.4, -0.2) is 61.9 Å². The number of nitrogens with zero attached hydrogens (tertiary/aromatic N) is 1. The Hall–Kier alpha value is -0.510. The third-order valence-corrected chi connectivity index (χ3v) is 5.23. The maximum Gasteiger partial charge on any atom is 0.241 e. The summed E-state index contributed by atoms with van der Waals surface area (Å²) < 4.78 is 28.3. The van der Waals surface area contributed by atoms with Crippen LogP contribution in [-0.2, 0) is 10.0 Å². The van der Waals surface area contributed by atoms with E-state index in [1.807, 2.05) is 4.90 Å². The monoisotopic (exact) mass is 394 g/mol. The fourth-order valence-corrected chi connectivity index (χ4v) is 3.85. The van der Waals surface area contributed by atoms with Gasteiger partial charge >= 0.3 is 0 Å². The highest BCUT2D eigenvalue weighted by Gasteiger charge is 2.28. The molecule has 1 aromatic carbocycles. The van der Waals surface area contributed by atoms with E-state index in [0.717, 1.165) is 4.47 Å². The van der Waals surface area contributed by atoms with Crippen LogP contribution in [0.5, 0.6) is 0 Å². The van der Waals surface area contributed by atoms with Crippen LogP contribution in [0.4, 0.5) is 0 Å². The second kappa shape index (κ2) is 8.37. The van der Waals surface area contributed by atoms with E-state index in [1.165, 1.54) is 12.1 Å². The first kappa shape index (κ1) is 19.5. The summed E-state index contributed by atoms with van der Waals surface area (Å²) in [7, 11) is -3.63. The van der Waals surface area contributed by atoms with Crippen LogP contribution < -0.4 is 4.72 Å². The van der Waals surface area contributed by atoms with Crippen LogP contribution in [0.15, 0.2) is 33.6 Å². The van der Waals surface area contributed by atoms with E-state index in [0.29, 0.717) is 19.6 Å². The summed E-state index contributed by atoms with van der Waals surface area (Å²) in [5, 5.41) is 18.1. The molecule has 0 aliphatic rings. The number of aliphatic hydroxyl groups is 2. The Morgan fingerprint density at radius 2 is 1.64 bits per heavy atom. The van der Waals surface area contributed by atoms with Gasteiger partial charge < -0.3 is 10.2 Å². The third-order valence-electron chi connectivity index (χ3n) is 2.99. The predicted octanol–water partition coefficient (Wildman–Crippen LogP) is 0.793. The van der Waals surface area contributed by atoms with Crippen molar-refractivity contribution in [3.8, 4) is 0 Å². The highest BCUT2D eigenvalue weighted by Crippen LogP contribution is 2.17. The summed E-state index contributed by atoms with van der Waals surface area (Å²) in [5.41, 5.74) is -0.740. The van der Waals surface area contributed by atoms with Gasteiger partial charge in [0.05, 0.1) is 18.1 Å². The third kappa shape index (κ3) is 6.31. The van der Waals surface area contributed by atoms with Gasteiger partial charge in [0.25, 0.3) is 0 Å². The lowest BCUT2D eigenvalue weighted by atomic mass is 10.1. The molecule has 0 spiro atoms. The largest absolute Gasteiger partial charge is 0.395 e. The zero-order valence-electron chi connectivity index (χ0n) is 12.8. The van der Waals surface area contributed by atoms with E-state index in [4.69, 9.17) is 10.2 Å². The number of sulfonamides is 1. The Kier molecular flexibility index (Phi) is 7.43. The maximum atomic E-state index is 12.4. The first-order valence-corrected chi connectivity index (χ1v) is 9.21. The van der Waals surface area contributed by atoms with E-state index in [9.17, 15) is 8.42 Å². The minimum Gasteiger partial charge on any atom is -0.395 e. The summed E-state index contributed by atoms with van der Waals surface area (Å²) in [6.45, 7) is 4.58. The van der Waals surface area contributed by atoms with Crippen LogP contribution in [0.25, 0.3) is 0 Å². The number of halogens is 1. The topological polar surface area (TPSA) is 89.9 Å². The first-order chi connectivity index (χ1) is 10.2. The number of benzene rings is 1. The summed E-state index contributed by atoms with van der Waals surface area (Å²) >= 11 is 3.27. The van der Waals surface area contributed by atoms with E-state index in [2.05, 4.69) is 20.7 Å². The van der Waals surface area contributed by atoms with Crippen molar-refractivity contribution in [3.05, 3.63) is 28.7 Å². The smallest absolute Gasteiger partial charge is 0.241 e. The average molecular weight is 395 g/mol. The summed E-state index contributed by atoms with van der Waals surface area (Å²) in [6.07, 6.45) is 0. The normalized spacial score (nSPS) is 12.8. The van der Waals surface area contributed by atoms with Gasteiger partial charge in [-0.1, -0.05) is 15.9 Å². The molecular formula is C14H23BrN2O4S. The zero-order valence-corrected chi connectivity index (χ0v) is 15.2. The lowest BCUT2D eigenvalue weighted by Crippen LogP contribution is -2.52. The van der Waals surface area contributed by atoms with E-state index >= 15 is 0 Å². The highest BCUT2D eigenvalue weighted by atomic mass is 79.9. The molecule has 0 saturated carbocycles. The van der Waals surface area contributed by atoms with Gasteiger partial charge in [-0.15, -0.1) is 0 Å². The number of nitrogens with one attached hydrogen (secondary N) is 1. The standard InChI is InChI=1S/C14H23BrN2O4S/c1-14(2,11-17(7-9-18)8-10-19)16-22(20,21)13-5-3-12(15)4-6-13/h3-6,16,18-19H,7-11H2,1-2H3.